The molecule has 0 aromatic rings. The SMILES string of the molecule is CC/C=C\C/C=C\C/C=C\C/C=C\C/C=C\C/C=C\CCC(=O)OCC(COP(=O)(O)OCC(O)COP(=O)(O)OCC(COC(=O)CCCC/C=C\C/C=C\C/C=C\C/C=C\CC)OC(=O)CCCCCCCCCCCCCCCCC)OC(=O)C/C=C\C/C=C\C/C=C\C/C=C\C/C=C\CC. The van der Waals surface area contributed by atoms with Crippen molar-refractivity contribution in [1.82, 2.24) is 0 Å². The highest BCUT2D eigenvalue weighted by Gasteiger charge is 2.30. The number of carbonyl (C=O) groups is 4. The first kappa shape index (κ1) is 98.2. The van der Waals surface area contributed by atoms with E-state index in [0.717, 1.165) is 122 Å². The molecule has 0 spiro atoms. The molecule has 0 saturated heterocycles. The zero-order chi connectivity index (χ0) is 76.0. The standard InChI is InChI=1S/C85H136O17P2/c1-5-9-13-17-21-25-29-33-37-38-39-40-44-46-50-54-58-62-66-70-83(88)96-76-81(102-85(90)72-68-64-60-56-52-48-43-36-32-28-24-20-16-12-8-4)78-100-104(93,94)98-74-79(86)73-97-103(91,92)99-77-80(101-84(89)71-67-63-59-55-51-47-42-35-31-27-23-19-15-11-7-3)75-95-82(87)69-65-61-57-53-49-45-41-34-30-26-22-18-14-10-6-2/h9-10,12-14,16,21-22,24-26,28,33-34,36-37,39-41,43,46,49-50,52-53,56,58,62,64,68,79-81,86H,5-8,11,15,17-20,23,27,29-32,35,38,42,44-45,47-48,51,54-55,57,59-61,63,65-67,69-78H2,1-4H3,(H,91,92)(H,93,94)/b13-9-,14-10-,16-12-,25-21-,26-22-,28-24-,37-33-,40-39-,41-34-,43-36-,50-46-,53-49-,56-52-,62-58-,68-64-. The second-order valence-electron chi connectivity index (χ2n) is 25.2. The number of esters is 4. The molecule has 0 heterocycles. The summed E-state index contributed by atoms with van der Waals surface area (Å²) in [5.74, 6) is -2.48. The first-order valence-electron chi connectivity index (χ1n) is 39.0. The van der Waals surface area contributed by atoms with Crippen LogP contribution in [0.2, 0.25) is 0 Å². The Morgan fingerprint density at radius 1 is 0.288 bits per heavy atom. The molecule has 0 aliphatic rings. The molecule has 19 heteroatoms. The Morgan fingerprint density at radius 2 is 0.558 bits per heavy atom. The second kappa shape index (κ2) is 75.4. The number of allylic oxidation sites excluding steroid dienone is 29. The lowest BCUT2D eigenvalue weighted by Gasteiger charge is -2.21. The molecule has 5 atom stereocenters. The van der Waals surface area contributed by atoms with Gasteiger partial charge < -0.3 is 33.8 Å². The van der Waals surface area contributed by atoms with Gasteiger partial charge in [0.2, 0.25) is 0 Å². The summed E-state index contributed by atoms with van der Waals surface area (Å²) >= 11 is 0. The highest BCUT2D eigenvalue weighted by atomic mass is 31.2. The Hall–Kier alpha value is -5.84. The lowest BCUT2D eigenvalue weighted by atomic mass is 10.0. The Labute approximate surface area is 628 Å². The normalized spacial score (nSPS) is 14.9. The summed E-state index contributed by atoms with van der Waals surface area (Å²) in [4.78, 5) is 72.9. The lowest BCUT2D eigenvalue weighted by molar-refractivity contribution is -0.161. The van der Waals surface area contributed by atoms with E-state index in [9.17, 15) is 43.2 Å². The van der Waals surface area contributed by atoms with Gasteiger partial charge >= 0.3 is 39.5 Å². The van der Waals surface area contributed by atoms with E-state index < -0.39 is 97.5 Å². The Morgan fingerprint density at radius 3 is 0.913 bits per heavy atom. The molecule has 0 radical (unpaired) electrons. The van der Waals surface area contributed by atoms with Crippen molar-refractivity contribution in [2.24, 2.45) is 0 Å². The van der Waals surface area contributed by atoms with Gasteiger partial charge in [-0.15, -0.1) is 0 Å². The molecule has 3 N–H and O–H groups in total. The van der Waals surface area contributed by atoms with E-state index in [4.69, 9.17) is 37.0 Å². The fourth-order valence-electron chi connectivity index (χ4n) is 9.61. The number of hydrogen-bond donors (Lipinski definition) is 3. The van der Waals surface area contributed by atoms with Crippen molar-refractivity contribution >= 4 is 39.5 Å². The minimum Gasteiger partial charge on any atom is -0.462 e. The zero-order valence-corrected chi connectivity index (χ0v) is 65.9. The first-order chi connectivity index (χ1) is 50.7. The van der Waals surface area contributed by atoms with Gasteiger partial charge in [-0.3, -0.25) is 37.3 Å². The van der Waals surface area contributed by atoms with Crippen molar-refractivity contribution in [2.75, 3.05) is 39.6 Å². The summed E-state index contributed by atoms with van der Waals surface area (Å²) in [5, 5.41) is 10.6. The van der Waals surface area contributed by atoms with E-state index in [2.05, 4.69) is 167 Å². The topological polar surface area (TPSA) is 237 Å². The van der Waals surface area contributed by atoms with Gasteiger partial charge in [-0.05, 0) is 128 Å². The summed E-state index contributed by atoms with van der Waals surface area (Å²) < 4.78 is 68.3. The molecular formula is C85H136O17P2. The van der Waals surface area contributed by atoms with E-state index in [1.54, 1.807) is 12.2 Å². The molecule has 0 aliphatic carbocycles. The number of carbonyl (C=O) groups excluding carboxylic acids is 4. The maximum Gasteiger partial charge on any atom is 0.472 e. The van der Waals surface area contributed by atoms with Crippen LogP contribution in [0.5, 0.6) is 0 Å². The number of phosphoric ester groups is 2. The number of ether oxygens (including phenoxy) is 4. The fourth-order valence-corrected chi connectivity index (χ4v) is 11.2. The molecule has 0 amide bonds. The van der Waals surface area contributed by atoms with E-state index in [1.807, 2.05) is 30.4 Å². The summed E-state index contributed by atoms with van der Waals surface area (Å²) in [6.07, 6.45) is 90.8. The van der Waals surface area contributed by atoms with Crippen LogP contribution >= 0.6 is 15.6 Å². The third kappa shape index (κ3) is 74.4. The molecular weight excluding hydrogens is 1350 g/mol. The number of aliphatic hydroxyl groups excluding tert-OH is 1. The Kier molecular flexibility index (Phi) is 71.2. The van der Waals surface area contributed by atoms with Crippen molar-refractivity contribution in [1.29, 1.82) is 0 Å². The summed E-state index contributed by atoms with van der Waals surface area (Å²) in [6, 6.07) is 0. The predicted molar refractivity (Wildman–Crippen MR) is 426 cm³/mol. The van der Waals surface area contributed by atoms with E-state index in [-0.39, 0.29) is 25.7 Å². The molecule has 0 aliphatic heterocycles. The largest absolute Gasteiger partial charge is 0.472 e. The van der Waals surface area contributed by atoms with Crippen LogP contribution in [-0.2, 0) is 65.4 Å². The van der Waals surface area contributed by atoms with E-state index >= 15 is 0 Å². The average Bonchev–Trinajstić information content (AvgIpc) is 0.918. The smallest absolute Gasteiger partial charge is 0.462 e. The first-order valence-corrected chi connectivity index (χ1v) is 42.0. The average molecular weight is 1490 g/mol. The van der Waals surface area contributed by atoms with Crippen LogP contribution in [0, 0.1) is 0 Å². The number of rotatable bonds is 71. The van der Waals surface area contributed by atoms with Crippen molar-refractivity contribution in [3.05, 3.63) is 182 Å². The quantitative estimate of drug-likeness (QED) is 0.0169. The minimum absolute atomic E-state index is 0.00907. The van der Waals surface area contributed by atoms with Crippen molar-refractivity contribution in [3.8, 4) is 0 Å². The van der Waals surface area contributed by atoms with Gasteiger partial charge in [0.25, 0.3) is 0 Å². The maximum atomic E-state index is 13.1. The monoisotopic (exact) mass is 1490 g/mol. The Balaban J connectivity index is 5.53. The zero-order valence-electron chi connectivity index (χ0n) is 64.1. The van der Waals surface area contributed by atoms with Gasteiger partial charge in [-0.25, -0.2) is 9.13 Å². The highest BCUT2D eigenvalue weighted by Crippen LogP contribution is 2.45. The molecule has 0 saturated carbocycles. The van der Waals surface area contributed by atoms with Gasteiger partial charge in [-0.2, -0.15) is 0 Å². The molecule has 0 fully saturated rings. The lowest BCUT2D eigenvalue weighted by Crippen LogP contribution is -2.30. The maximum absolute atomic E-state index is 13.1. The van der Waals surface area contributed by atoms with Crippen LogP contribution in [0.25, 0.3) is 0 Å². The van der Waals surface area contributed by atoms with Gasteiger partial charge in [0, 0.05) is 19.3 Å². The van der Waals surface area contributed by atoms with Crippen LogP contribution in [0.3, 0.4) is 0 Å². The fraction of sp³-hybridized carbons (Fsp3) is 0.600. The van der Waals surface area contributed by atoms with Crippen molar-refractivity contribution in [3.63, 3.8) is 0 Å². The van der Waals surface area contributed by atoms with Gasteiger partial charge in [0.15, 0.2) is 12.2 Å². The van der Waals surface area contributed by atoms with Gasteiger partial charge in [0.05, 0.1) is 32.8 Å². The van der Waals surface area contributed by atoms with Crippen LogP contribution in [0.4, 0.5) is 0 Å². The summed E-state index contributed by atoms with van der Waals surface area (Å²) in [6.45, 7) is 4.26. The predicted octanol–water partition coefficient (Wildman–Crippen LogP) is 22.8. The molecule has 0 aromatic heterocycles. The third-order valence-electron chi connectivity index (χ3n) is 15.4. The second-order valence-corrected chi connectivity index (χ2v) is 28.1. The molecule has 0 bridgehead atoms. The van der Waals surface area contributed by atoms with Gasteiger partial charge in [0.1, 0.15) is 19.3 Å². The van der Waals surface area contributed by atoms with Crippen LogP contribution < -0.4 is 0 Å². The van der Waals surface area contributed by atoms with Gasteiger partial charge in [-0.1, -0.05) is 300 Å². The molecule has 5 unspecified atom stereocenters. The molecule has 104 heavy (non-hydrogen) atoms. The highest BCUT2D eigenvalue weighted by molar-refractivity contribution is 7.47. The van der Waals surface area contributed by atoms with Crippen LogP contribution in [0.1, 0.15) is 272 Å². The third-order valence-corrected chi connectivity index (χ3v) is 17.3. The van der Waals surface area contributed by atoms with Crippen LogP contribution in [0.15, 0.2) is 182 Å². The molecule has 17 nitrogen and oxygen atoms in total. The van der Waals surface area contributed by atoms with E-state index in [0.29, 0.717) is 32.1 Å². The van der Waals surface area contributed by atoms with Crippen molar-refractivity contribution in [2.45, 2.75) is 290 Å². The molecule has 0 rings (SSSR count). The minimum atomic E-state index is -5.03. The summed E-state index contributed by atoms with van der Waals surface area (Å²) in [7, 11) is -10.0. The molecule has 0 aromatic carbocycles. The number of aliphatic hydroxyl groups is 1. The Bertz CT molecular complexity index is 2690. The van der Waals surface area contributed by atoms with E-state index in [1.165, 1.54) is 64.2 Å². The number of unbranched alkanes of at least 4 members (excludes halogenated alkanes) is 16. The number of hydrogen-bond acceptors (Lipinski definition) is 15. The number of phosphoric acid groups is 2. The van der Waals surface area contributed by atoms with Crippen LogP contribution in [-0.4, -0.2) is 96.7 Å². The summed E-state index contributed by atoms with van der Waals surface area (Å²) in [5.41, 5.74) is 0. The molecule has 588 valence electrons. The van der Waals surface area contributed by atoms with Crippen molar-refractivity contribution < 1.29 is 80.2 Å².